The van der Waals surface area contributed by atoms with E-state index in [4.69, 9.17) is 0 Å². The Balaban J connectivity index is 2.53. The molecule has 0 bridgehead atoms. The normalized spacial score (nSPS) is 26.0. The highest BCUT2D eigenvalue weighted by Gasteiger charge is 2.45. The number of nitrogens with one attached hydrogen (secondary N) is 1. The maximum absolute atomic E-state index is 3.77. The van der Waals surface area contributed by atoms with E-state index in [1.807, 2.05) is 0 Å². The molecular weight excluding hydrogens is 194 g/mol. The molecule has 1 unspecified atom stereocenters. The van der Waals surface area contributed by atoms with Crippen molar-refractivity contribution in [1.29, 1.82) is 0 Å². The fourth-order valence-corrected chi connectivity index (χ4v) is 3.07. The Morgan fingerprint density at radius 2 is 1.88 bits per heavy atom. The number of benzene rings is 1. The van der Waals surface area contributed by atoms with E-state index >= 15 is 0 Å². The van der Waals surface area contributed by atoms with Crippen LogP contribution in [0.4, 0.5) is 0 Å². The Hall–Kier alpha value is -0.820. The van der Waals surface area contributed by atoms with Gasteiger partial charge in [-0.05, 0) is 42.9 Å². The number of hydrogen-bond acceptors (Lipinski definition) is 1. The average molecular weight is 217 g/mol. The summed E-state index contributed by atoms with van der Waals surface area (Å²) >= 11 is 0. The first-order valence-corrected chi connectivity index (χ1v) is 6.28. The fraction of sp³-hybridized carbons (Fsp3) is 0.600. The molecule has 0 radical (unpaired) electrons. The van der Waals surface area contributed by atoms with Crippen LogP contribution in [0.25, 0.3) is 0 Å². The summed E-state index contributed by atoms with van der Waals surface area (Å²) in [7, 11) is 0. The lowest BCUT2D eigenvalue weighted by Gasteiger charge is -2.43. The molecular formula is C15H23N. The first-order chi connectivity index (χ1) is 7.47. The largest absolute Gasteiger partial charge is 0.307 e. The van der Waals surface area contributed by atoms with E-state index in [0.29, 0.717) is 0 Å². The van der Waals surface area contributed by atoms with Crippen molar-refractivity contribution >= 4 is 0 Å². The third-order valence-electron chi connectivity index (χ3n) is 4.04. The van der Waals surface area contributed by atoms with E-state index in [-0.39, 0.29) is 11.0 Å². The van der Waals surface area contributed by atoms with E-state index in [2.05, 4.69) is 57.3 Å². The van der Waals surface area contributed by atoms with E-state index in [1.54, 1.807) is 0 Å². The van der Waals surface area contributed by atoms with Crippen LogP contribution in [0.15, 0.2) is 24.3 Å². The average Bonchev–Trinajstić information content (AvgIpc) is 2.67. The Kier molecular flexibility index (Phi) is 2.83. The maximum atomic E-state index is 3.77. The second-order valence-electron chi connectivity index (χ2n) is 6.00. The molecule has 1 saturated heterocycles. The minimum absolute atomic E-state index is 0.165. The van der Waals surface area contributed by atoms with Crippen molar-refractivity contribution in [3.63, 3.8) is 0 Å². The third kappa shape index (κ3) is 1.67. The Morgan fingerprint density at radius 3 is 2.38 bits per heavy atom. The Labute approximate surface area is 99.3 Å². The van der Waals surface area contributed by atoms with Gasteiger partial charge in [0.15, 0.2) is 0 Å². The van der Waals surface area contributed by atoms with Crippen LogP contribution >= 0.6 is 0 Å². The predicted molar refractivity (Wildman–Crippen MR) is 69.5 cm³/mol. The molecule has 1 aliphatic rings. The maximum Gasteiger partial charge on any atom is 0.0486 e. The van der Waals surface area contributed by atoms with Crippen LogP contribution in [0, 0.1) is 12.3 Å². The molecule has 1 N–H and O–H groups in total. The predicted octanol–water partition coefficient (Wildman–Crippen LogP) is 3.62. The number of hydrogen-bond donors (Lipinski definition) is 1. The van der Waals surface area contributed by atoms with Gasteiger partial charge in [0, 0.05) is 5.54 Å². The quantitative estimate of drug-likeness (QED) is 0.757. The van der Waals surface area contributed by atoms with E-state index in [0.717, 1.165) is 6.54 Å². The molecule has 1 heteroatoms. The van der Waals surface area contributed by atoms with Gasteiger partial charge in [-0.3, -0.25) is 0 Å². The summed E-state index contributed by atoms with van der Waals surface area (Å²) in [5.41, 5.74) is 3.32. The van der Waals surface area contributed by atoms with Gasteiger partial charge in [0.1, 0.15) is 0 Å². The molecule has 16 heavy (non-hydrogen) atoms. The van der Waals surface area contributed by atoms with Crippen LogP contribution in [0.2, 0.25) is 0 Å². The highest BCUT2D eigenvalue weighted by atomic mass is 15.0. The minimum Gasteiger partial charge on any atom is -0.307 e. The molecule has 1 nitrogen and oxygen atoms in total. The molecule has 1 heterocycles. The van der Waals surface area contributed by atoms with Gasteiger partial charge in [-0.15, -0.1) is 0 Å². The molecule has 0 saturated carbocycles. The summed E-state index contributed by atoms with van der Waals surface area (Å²) in [6.45, 7) is 10.4. The van der Waals surface area contributed by atoms with E-state index in [1.165, 1.54) is 24.0 Å². The van der Waals surface area contributed by atoms with Crippen LogP contribution in [0.3, 0.4) is 0 Å². The van der Waals surface area contributed by atoms with Gasteiger partial charge in [-0.25, -0.2) is 0 Å². The van der Waals surface area contributed by atoms with Crippen LogP contribution in [-0.2, 0) is 5.54 Å². The summed E-state index contributed by atoms with van der Waals surface area (Å²) in [5.74, 6) is 0. The van der Waals surface area contributed by atoms with Gasteiger partial charge in [0.05, 0.1) is 0 Å². The summed E-state index contributed by atoms with van der Waals surface area (Å²) in [6.07, 6.45) is 2.53. The highest BCUT2D eigenvalue weighted by molar-refractivity contribution is 5.35. The summed E-state index contributed by atoms with van der Waals surface area (Å²) in [6, 6.07) is 8.81. The summed E-state index contributed by atoms with van der Waals surface area (Å²) < 4.78 is 0. The highest BCUT2D eigenvalue weighted by Crippen LogP contribution is 2.46. The van der Waals surface area contributed by atoms with Crippen molar-refractivity contribution in [2.45, 2.75) is 46.1 Å². The van der Waals surface area contributed by atoms with Crippen molar-refractivity contribution in [2.75, 3.05) is 6.54 Å². The first-order valence-electron chi connectivity index (χ1n) is 6.28. The van der Waals surface area contributed by atoms with Crippen molar-refractivity contribution < 1.29 is 0 Å². The smallest absolute Gasteiger partial charge is 0.0486 e. The Bertz CT molecular complexity index is 367. The molecule has 0 spiro atoms. The lowest BCUT2D eigenvalue weighted by Crippen LogP contribution is -2.48. The molecule has 1 aromatic rings. The lowest BCUT2D eigenvalue weighted by atomic mass is 9.67. The van der Waals surface area contributed by atoms with Gasteiger partial charge >= 0.3 is 0 Å². The van der Waals surface area contributed by atoms with E-state index < -0.39 is 0 Å². The van der Waals surface area contributed by atoms with Crippen molar-refractivity contribution in [2.24, 2.45) is 5.41 Å². The number of rotatable bonds is 1. The molecule has 0 amide bonds. The molecule has 2 rings (SSSR count). The van der Waals surface area contributed by atoms with Gasteiger partial charge in [0.25, 0.3) is 0 Å². The fourth-order valence-electron chi connectivity index (χ4n) is 3.07. The molecule has 0 aromatic heterocycles. The molecule has 1 fully saturated rings. The zero-order valence-electron chi connectivity index (χ0n) is 10.9. The van der Waals surface area contributed by atoms with Crippen LogP contribution in [-0.4, -0.2) is 6.54 Å². The summed E-state index contributed by atoms with van der Waals surface area (Å²) in [4.78, 5) is 0. The molecule has 1 aliphatic heterocycles. The van der Waals surface area contributed by atoms with Crippen molar-refractivity contribution in [3.8, 4) is 0 Å². The first kappa shape index (κ1) is 11.7. The molecule has 1 aromatic carbocycles. The van der Waals surface area contributed by atoms with Crippen LogP contribution in [0.5, 0.6) is 0 Å². The third-order valence-corrected chi connectivity index (χ3v) is 4.04. The number of aryl methyl sites for hydroxylation is 1. The second kappa shape index (κ2) is 3.89. The van der Waals surface area contributed by atoms with Crippen LogP contribution < -0.4 is 5.32 Å². The Morgan fingerprint density at radius 1 is 1.19 bits per heavy atom. The van der Waals surface area contributed by atoms with Crippen LogP contribution in [0.1, 0.15) is 44.7 Å². The summed E-state index contributed by atoms with van der Waals surface area (Å²) in [5, 5.41) is 3.77. The van der Waals surface area contributed by atoms with Gasteiger partial charge in [-0.1, -0.05) is 45.0 Å². The monoisotopic (exact) mass is 217 g/mol. The zero-order chi connectivity index (χ0) is 11.8. The second-order valence-corrected chi connectivity index (χ2v) is 6.00. The zero-order valence-corrected chi connectivity index (χ0v) is 10.9. The van der Waals surface area contributed by atoms with Crippen molar-refractivity contribution in [1.82, 2.24) is 5.32 Å². The molecule has 88 valence electrons. The van der Waals surface area contributed by atoms with Gasteiger partial charge in [0.2, 0.25) is 0 Å². The topological polar surface area (TPSA) is 12.0 Å². The standard InChI is InChI=1S/C15H23N/c1-12-8-5-6-9-13(12)15(14(2,3)4)10-7-11-16-15/h5-6,8-9,16H,7,10-11H2,1-4H3. The minimum atomic E-state index is 0.165. The van der Waals surface area contributed by atoms with Crippen molar-refractivity contribution in [3.05, 3.63) is 35.4 Å². The SMILES string of the molecule is Cc1ccccc1C1(C(C)(C)C)CCCN1. The molecule has 1 atom stereocenters. The van der Waals surface area contributed by atoms with Gasteiger partial charge in [-0.2, -0.15) is 0 Å². The molecule has 0 aliphatic carbocycles. The van der Waals surface area contributed by atoms with E-state index in [9.17, 15) is 0 Å². The lowest BCUT2D eigenvalue weighted by molar-refractivity contribution is 0.160. The van der Waals surface area contributed by atoms with Gasteiger partial charge < -0.3 is 5.32 Å².